The Morgan fingerprint density at radius 2 is 2.14 bits per heavy atom. The van der Waals surface area contributed by atoms with Crippen molar-refractivity contribution in [3.63, 3.8) is 0 Å². The third kappa shape index (κ3) is 3.96. The Morgan fingerprint density at radius 3 is 2.79 bits per heavy atom. The van der Waals surface area contributed by atoms with Crippen LogP contribution in [0.1, 0.15) is 21.1 Å². The first-order valence-electron chi connectivity index (χ1n) is 8.09. The first-order valence-corrected chi connectivity index (χ1v) is 9.70. The number of carbonyl (C=O) groups excluding carboxylic acids is 1. The minimum Gasteiger partial charge on any atom is -0.320 e. The third-order valence-electron chi connectivity index (χ3n) is 3.93. The molecule has 0 saturated carbocycles. The van der Waals surface area contributed by atoms with Crippen molar-refractivity contribution < 1.29 is 9.72 Å². The average molecular weight is 466 g/mol. The van der Waals surface area contributed by atoms with E-state index >= 15 is 0 Å². The van der Waals surface area contributed by atoms with E-state index < -0.39 is 10.8 Å². The van der Waals surface area contributed by atoms with Gasteiger partial charge in [-0.1, -0.05) is 0 Å². The second-order valence-electron chi connectivity index (χ2n) is 6.36. The van der Waals surface area contributed by atoms with Crippen molar-refractivity contribution in [3.8, 4) is 0 Å². The number of halogens is 1. The van der Waals surface area contributed by atoms with Gasteiger partial charge < -0.3 is 15.2 Å². The molecule has 0 aliphatic heterocycles. The van der Waals surface area contributed by atoms with Crippen LogP contribution in [0.3, 0.4) is 0 Å². The number of rotatable bonds is 5. The molecule has 28 heavy (non-hydrogen) atoms. The number of non-ortho nitro benzene ring substituents is 1. The lowest BCUT2D eigenvalue weighted by Crippen LogP contribution is -2.18. The first-order chi connectivity index (χ1) is 13.2. The van der Waals surface area contributed by atoms with Crippen molar-refractivity contribution in [2.24, 2.45) is 0 Å². The topological polar surface area (TPSA) is 121 Å². The summed E-state index contributed by atoms with van der Waals surface area (Å²) in [6.45, 7) is 2.14. The van der Waals surface area contributed by atoms with E-state index in [-0.39, 0.29) is 16.9 Å². The van der Waals surface area contributed by atoms with Crippen molar-refractivity contribution in [2.45, 2.75) is 13.5 Å². The van der Waals surface area contributed by atoms with Gasteiger partial charge in [-0.2, -0.15) is 0 Å². The summed E-state index contributed by atoms with van der Waals surface area (Å²) in [6.07, 6.45) is 0. The highest BCUT2D eigenvalue weighted by molar-refractivity contribution is 9.10. The van der Waals surface area contributed by atoms with E-state index in [1.54, 1.807) is 6.92 Å². The van der Waals surface area contributed by atoms with Gasteiger partial charge in [-0.05, 0) is 48.6 Å². The van der Waals surface area contributed by atoms with Crippen molar-refractivity contribution in [3.05, 3.63) is 59.4 Å². The lowest BCUT2D eigenvalue weighted by atomic mass is 10.2. The molecule has 9 nitrogen and oxygen atoms in total. The lowest BCUT2D eigenvalue weighted by Gasteiger charge is -2.07. The van der Waals surface area contributed by atoms with Crippen LogP contribution < -0.4 is 10.9 Å². The summed E-state index contributed by atoms with van der Waals surface area (Å²) in [6, 6.07) is 4.09. The van der Waals surface area contributed by atoms with Gasteiger partial charge in [-0.15, -0.1) is 11.3 Å². The standard InChI is InChI=1S/C17H16BrN5O4S/c1-8-13-15(24)20-12(7-22(2)3)21-17(13)28-14(8)16(25)19-11-6-9(23(26)27)4-5-10(11)18/h4-6H,7H2,1-3H3,(H,19,25)(H,20,21,24). The quantitative estimate of drug-likeness (QED) is 0.440. The summed E-state index contributed by atoms with van der Waals surface area (Å²) in [5.41, 5.74) is 0.347. The number of nitrogens with one attached hydrogen (secondary N) is 2. The van der Waals surface area contributed by atoms with E-state index in [0.717, 1.165) is 11.3 Å². The number of thiophene rings is 1. The SMILES string of the molecule is Cc1c(C(=O)Nc2cc([N+](=O)[O-])ccc2Br)sc2nc(CN(C)C)[nH]c(=O)c12. The van der Waals surface area contributed by atoms with Gasteiger partial charge in [0.15, 0.2) is 0 Å². The number of aromatic amines is 1. The number of amides is 1. The fraction of sp³-hybridized carbons (Fsp3) is 0.235. The maximum Gasteiger partial charge on any atom is 0.271 e. The molecule has 0 unspecified atom stereocenters. The van der Waals surface area contributed by atoms with Crippen LogP contribution in [0.15, 0.2) is 27.5 Å². The molecule has 0 atom stereocenters. The predicted molar refractivity (Wildman–Crippen MR) is 111 cm³/mol. The van der Waals surface area contributed by atoms with Gasteiger partial charge >= 0.3 is 0 Å². The zero-order chi connectivity index (χ0) is 20.6. The zero-order valence-electron chi connectivity index (χ0n) is 15.2. The molecule has 2 N–H and O–H groups in total. The summed E-state index contributed by atoms with van der Waals surface area (Å²) in [5.74, 6) is 0.0485. The van der Waals surface area contributed by atoms with Crippen LogP contribution in [-0.4, -0.2) is 39.8 Å². The number of carbonyl (C=O) groups is 1. The number of H-pyrrole nitrogens is 1. The Balaban J connectivity index is 2.00. The van der Waals surface area contributed by atoms with Crippen LogP contribution in [0, 0.1) is 17.0 Å². The van der Waals surface area contributed by atoms with E-state index in [0.29, 0.717) is 37.5 Å². The number of aromatic nitrogens is 2. The van der Waals surface area contributed by atoms with Gasteiger partial charge in [0.2, 0.25) is 0 Å². The van der Waals surface area contributed by atoms with Gasteiger partial charge in [0.1, 0.15) is 10.7 Å². The Morgan fingerprint density at radius 1 is 1.43 bits per heavy atom. The highest BCUT2D eigenvalue weighted by atomic mass is 79.9. The molecule has 0 spiro atoms. The maximum atomic E-state index is 12.8. The van der Waals surface area contributed by atoms with E-state index in [1.165, 1.54) is 18.2 Å². The molecular weight excluding hydrogens is 450 g/mol. The Hall–Kier alpha value is -2.63. The molecule has 11 heteroatoms. The van der Waals surface area contributed by atoms with Crippen molar-refractivity contribution in [1.82, 2.24) is 14.9 Å². The molecule has 0 radical (unpaired) electrons. The first kappa shape index (κ1) is 20.1. The molecule has 3 rings (SSSR count). The zero-order valence-corrected chi connectivity index (χ0v) is 17.6. The number of fused-ring (bicyclic) bond motifs is 1. The summed E-state index contributed by atoms with van der Waals surface area (Å²) < 4.78 is 0.509. The fourth-order valence-electron chi connectivity index (χ4n) is 2.68. The van der Waals surface area contributed by atoms with Crippen molar-refractivity contribution in [1.29, 1.82) is 0 Å². The monoisotopic (exact) mass is 465 g/mol. The molecule has 0 bridgehead atoms. The fourth-order valence-corrected chi connectivity index (χ4v) is 4.12. The molecule has 3 aromatic rings. The van der Waals surface area contributed by atoms with Gasteiger partial charge in [-0.3, -0.25) is 19.7 Å². The van der Waals surface area contributed by atoms with Crippen LogP contribution in [0.2, 0.25) is 0 Å². The van der Waals surface area contributed by atoms with Crippen LogP contribution in [0.25, 0.3) is 10.2 Å². The van der Waals surface area contributed by atoms with E-state index in [1.807, 2.05) is 19.0 Å². The summed E-state index contributed by atoms with van der Waals surface area (Å²) in [5, 5.41) is 14.0. The molecule has 0 aliphatic rings. The van der Waals surface area contributed by atoms with Crippen LogP contribution in [0.5, 0.6) is 0 Å². The molecule has 1 amide bonds. The molecule has 1 aromatic carbocycles. The number of hydrogen-bond acceptors (Lipinski definition) is 7. The Bertz CT molecular complexity index is 1150. The smallest absolute Gasteiger partial charge is 0.271 e. The maximum absolute atomic E-state index is 12.8. The van der Waals surface area contributed by atoms with E-state index in [4.69, 9.17) is 0 Å². The summed E-state index contributed by atoms with van der Waals surface area (Å²) in [7, 11) is 3.72. The minimum absolute atomic E-state index is 0.141. The van der Waals surface area contributed by atoms with Crippen LogP contribution in [0.4, 0.5) is 11.4 Å². The molecule has 146 valence electrons. The van der Waals surface area contributed by atoms with Gasteiger partial charge in [-0.25, -0.2) is 4.98 Å². The Labute approximate surface area is 171 Å². The number of nitro groups is 1. The number of aryl methyl sites for hydroxylation is 1. The van der Waals surface area contributed by atoms with Crippen LogP contribution in [-0.2, 0) is 6.54 Å². The second-order valence-corrected chi connectivity index (χ2v) is 8.22. The largest absolute Gasteiger partial charge is 0.320 e. The molecule has 0 fully saturated rings. The summed E-state index contributed by atoms with van der Waals surface area (Å²) >= 11 is 4.38. The van der Waals surface area contributed by atoms with Crippen LogP contribution >= 0.6 is 27.3 Å². The number of hydrogen-bond donors (Lipinski definition) is 2. The van der Waals surface area contributed by atoms with Crippen molar-refractivity contribution in [2.75, 3.05) is 19.4 Å². The lowest BCUT2D eigenvalue weighted by molar-refractivity contribution is -0.384. The second kappa shape index (κ2) is 7.78. The summed E-state index contributed by atoms with van der Waals surface area (Å²) in [4.78, 5) is 45.5. The average Bonchev–Trinajstić information content (AvgIpc) is 2.93. The van der Waals surface area contributed by atoms with Gasteiger partial charge in [0.05, 0.1) is 27.4 Å². The molecule has 2 heterocycles. The number of nitrogens with zero attached hydrogens (tertiary/aromatic N) is 3. The molecular formula is C17H16BrN5O4S. The number of anilines is 1. The van der Waals surface area contributed by atoms with Gasteiger partial charge in [0.25, 0.3) is 17.2 Å². The molecule has 0 saturated heterocycles. The predicted octanol–water partition coefficient (Wildman–Crippen LogP) is 3.28. The highest BCUT2D eigenvalue weighted by Gasteiger charge is 2.21. The van der Waals surface area contributed by atoms with Gasteiger partial charge in [0, 0.05) is 16.6 Å². The molecule has 0 aliphatic carbocycles. The number of benzene rings is 1. The third-order valence-corrected chi connectivity index (χ3v) is 5.81. The Kier molecular flexibility index (Phi) is 5.59. The number of nitro benzene ring substituents is 1. The minimum atomic E-state index is -0.539. The van der Waals surface area contributed by atoms with E-state index in [2.05, 4.69) is 31.2 Å². The molecule has 2 aromatic heterocycles. The van der Waals surface area contributed by atoms with E-state index in [9.17, 15) is 19.7 Å². The highest BCUT2D eigenvalue weighted by Crippen LogP contribution is 2.31. The van der Waals surface area contributed by atoms with Crippen molar-refractivity contribution >= 4 is 54.8 Å². The normalized spacial score (nSPS) is 11.2.